The van der Waals surface area contributed by atoms with Crippen molar-refractivity contribution >= 4 is 10.9 Å². The minimum atomic E-state index is -0.0261. The lowest BCUT2D eigenvalue weighted by Crippen LogP contribution is -2.07. The zero-order valence-corrected chi connectivity index (χ0v) is 13.0. The Morgan fingerprint density at radius 1 is 0.619 bits per heavy atom. The third kappa shape index (κ3) is 3.03. The minimum absolute atomic E-state index is 0.0261. The second kappa shape index (κ2) is 6.64. The second-order valence-corrected chi connectivity index (χ2v) is 6.89. The summed E-state index contributed by atoms with van der Waals surface area (Å²) in [5, 5.41) is 0. The first-order valence-corrected chi connectivity index (χ1v) is 8.55. The number of rotatable bonds is 4. The molecule has 0 unspecified atom stereocenters. The molecule has 0 N–H and O–H groups in total. The van der Waals surface area contributed by atoms with Crippen LogP contribution in [0.2, 0.25) is 0 Å². The maximum Gasteiger partial charge on any atom is 0.169 e. The molecule has 21 heavy (non-hydrogen) atoms. The molecular weight excluding hydrogens is 272 g/mol. The van der Waals surface area contributed by atoms with Crippen molar-refractivity contribution < 1.29 is 0 Å². The highest BCUT2D eigenvalue weighted by Crippen LogP contribution is 2.33. The molecule has 0 aliphatic heterocycles. The van der Waals surface area contributed by atoms with E-state index in [1.807, 2.05) is 0 Å². The molecule has 104 valence electrons. The highest BCUT2D eigenvalue weighted by molar-refractivity contribution is 7.97. The third-order valence-electron chi connectivity index (χ3n) is 3.53. The van der Waals surface area contributed by atoms with E-state index < -0.39 is 0 Å². The van der Waals surface area contributed by atoms with Gasteiger partial charge < -0.3 is 0 Å². The Kier molecular flexibility index (Phi) is 4.42. The van der Waals surface area contributed by atoms with Crippen molar-refractivity contribution in [3.05, 3.63) is 90.5 Å². The predicted molar refractivity (Wildman–Crippen MR) is 90.9 cm³/mol. The number of hydrogen-bond acceptors (Lipinski definition) is 0. The van der Waals surface area contributed by atoms with Crippen LogP contribution in [0.3, 0.4) is 0 Å². The quantitative estimate of drug-likeness (QED) is 0.569. The van der Waals surface area contributed by atoms with Gasteiger partial charge in [0.05, 0.1) is 10.9 Å². The zero-order chi connectivity index (χ0) is 14.5. The van der Waals surface area contributed by atoms with Gasteiger partial charge in [-0.05, 0) is 36.8 Å². The average Bonchev–Trinajstić information content (AvgIpc) is 2.58. The molecule has 1 heteroatoms. The normalized spacial score (nSPS) is 10.8. The first-order chi connectivity index (χ1) is 10.4. The Bertz CT molecular complexity index is 650. The third-order valence-corrected chi connectivity index (χ3v) is 5.86. The Morgan fingerprint density at radius 2 is 1.10 bits per heavy atom. The van der Waals surface area contributed by atoms with Gasteiger partial charge in [0.25, 0.3) is 0 Å². The van der Waals surface area contributed by atoms with E-state index in [1.165, 1.54) is 20.2 Å². The van der Waals surface area contributed by atoms with Crippen LogP contribution in [0.1, 0.15) is 12.5 Å². The maximum absolute atomic E-state index is 2.28. The molecule has 0 heterocycles. The van der Waals surface area contributed by atoms with Crippen molar-refractivity contribution in [3.63, 3.8) is 0 Å². The summed E-state index contributed by atoms with van der Waals surface area (Å²) in [7, 11) is -0.0261. The van der Waals surface area contributed by atoms with Gasteiger partial charge in [-0.1, -0.05) is 61.5 Å². The van der Waals surface area contributed by atoms with E-state index in [4.69, 9.17) is 0 Å². The van der Waals surface area contributed by atoms with Gasteiger partial charge >= 0.3 is 0 Å². The lowest BCUT2D eigenvalue weighted by atomic mass is 10.2. The van der Waals surface area contributed by atoms with Crippen LogP contribution in [0.5, 0.6) is 0 Å². The Morgan fingerprint density at radius 3 is 1.62 bits per heavy atom. The molecule has 0 amide bonds. The van der Waals surface area contributed by atoms with Gasteiger partial charge in [-0.25, -0.2) is 0 Å². The number of benzene rings is 3. The lowest BCUT2D eigenvalue weighted by Gasteiger charge is -2.10. The molecule has 3 aromatic rings. The molecule has 0 radical (unpaired) electrons. The smallest absolute Gasteiger partial charge is 0.0619 e. The molecule has 0 aliphatic rings. The maximum atomic E-state index is 2.28. The van der Waals surface area contributed by atoms with Crippen LogP contribution in [0.4, 0.5) is 0 Å². The van der Waals surface area contributed by atoms with Crippen molar-refractivity contribution in [1.29, 1.82) is 0 Å². The summed E-state index contributed by atoms with van der Waals surface area (Å²) in [6, 6.07) is 30.5. The molecule has 0 bridgehead atoms. The van der Waals surface area contributed by atoms with Gasteiger partial charge in [0, 0.05) is 5.56 Å². The first kappa shape index (κ1) is 14.0. The van der Waals surface area contributed by atoms with Crippen LogP contribution >= 0.6 is 0 Å². The van der Waals surface area contributed by atoms with Gasteiger partial charge in [-0.2, -0.15) is 0 Å². The van der Waals surface area contributed by atoms with E-state index in [0.717, 1.165) is 6.42 Å². The summed E-state index contributed by atoms with van der Waals surface area (Å²) in [5.74, 6) is 0. The zero-order valence-electron chi connectivity index (χ0n) is 12.2. The van der Waals surface area contributed by atoms with Crippen molar-refractivity contribution in [2.24, 2.45) is 0 Å². The summed E-state index contributed by atoms with van der Waals surface area (Å²) in [6.45, 7) is 2.23. The van der Waals surface area contributed by atoms with E-state index in [0.29, 0.717) is 0 Å². The van der Waals surface area contributed by atoms with E-state index in [-0.39, 0.29) is 10.9 Å². The topological polar surface area (TPSA) is 0 Å². The van der Waals surface area contributed by atoms with Crippen LogP contribution in [-0.4, -0.2) is 0 Å². The van der Waals surface area contributed by atoms with Crippen LogP contribution in [-0.2, 0) is 17.3 Å². The van der Waals surface area contributed by atoms with Crippen molar-refractivity contribution in [3.8, 4) is 0 Å². The standard InChI is InChI=1S/C20H19S/c1-2-17-11-9-10-16-20(17)21(18-12-5-3-6-13-18)19-14-7-4-8-15-19/h3-16H,2H2,1H3/q+1. The molecule has 0 nitrogen and oxygen atoms in total. The van der Waals surface area contributed by atoms with E-state index in [9.17, 15) is 0 Å². The summed E-state index contributed by atoms with van der Waals surface area (Å²) in [4.78, 5) is 4.20. The highest BCUT2D eigenvalue weighted by atomic mass is 32.2. The molecule has 0 fully saturated rings. The molecule has 0 atom stereocenters. The fourth-order valence-electron chi connectivity index (χ4n) is 2.50. The Labute approximate surface area is 129 Å². The molecule has 0 saturated heterocycles. The Balaban J connectivity index is 2.17. The average molecular weight is 291 g/mol. The number of aryl methyl sites for hydroxylation is 1. The summed E-state index contributed by atoms with van der Waals surface area (Å²) in [6.07, 6.45) is 1.07. The van der Waals surface area contributed by atoms with Crippen LogP contribution in [0, 0.1) is 0 Å². The summed E-state index contributed by atoms with van der Waals surface area (Å²) in [5.41, 5.74) is 1.44. The van der Waals surface area contributed by atoms with Gasteiger partial charge in [0.15, 0.2) is 14.7 Å². The first-order valence-electron chi connectivity index (χ1n) is 7.32. The molecule has 0 aliphatic carbocycles. The molecule has 3 aromatic carbocycles. The Hall–Kier alpha value is -1.99. The molecule has 0 saturated carbocycles. The second-order valence-electron chi connectivity index (χ2n) is 4.89. The van der Waals surface area contributed by atoms with Crippen LogP contribution < -0.4 is 0 Å². The van der Waals surface area contributed by atoms with Gasteiger partial charge in [0.1, 0.15) is 0 Å². The monoisotopic (exact) mass is 291 g/mol. The molecule has 0 spiro atoms. The van der Waals surface area contributed by atoms with Gasteiger partial charge in [-0.15, -0.1) is 0 Å². The largest absolute Gasteiger partial charge is 0.169 e. The van der Waals surface area contributed by atoms with Crippen molar-refractivity contribution in [2.75, 3.05) is 0 Å². The van der Waals surface area contributed by atoms with Crippen LogP contribution in [0.25, 0.3) is 0 Å². The van der Waals surface area contributed by atoms with E-state index in [1.54, 1.807) is 0 Å². The molecular formula is C20H19S+. The van der Waals surface area contributed by atoms with E-state index >= 15 is 0 Å². The van der Waals surface area contributed by atoms with Gasteiger partial charge in [0.2, 0.25) is 0 Å². The van der Waals surface area contributed by atoms with Crippen molar-refractivity contribution in [1.82, 2.24) is 0 Å². The highest BCUT2D eigenvalue weighted by Gasteiger charge is 2.29. The van der Waals surface area contributed by atoms with Crippen molar-refractivity contribution in [2.45, 2.75) is 28.0 Å². The van der Waals surface area contributed by atoms with Crippen LogP contribution in [0.15, 0.2) is 99.6 Å². The lowest BCUT2D eigenvalue weighted by molar-refractivity contribution is 1.07. The fourth-order valence-corrected chi connectivity index (χ4v) is 4.83. The minimum Gasteiger partial charge on any atom is -0.0619 e. The predicted octanol–water partition coefficient (Wildman–Crippen LogP) is 5.34. The van der Waals surface area contributed by atoms with E-state index in [2.05, 4.69) is 91.9 Å². The molecule has 0 aromatic heterocycles. The fraction of sp³-hybridized carbons (Fsp3) is 0.100. The number of hydrogen-bond donors (Lipinski definition) is 0. The molecule has 3 rings (SSSR count). The summed E-state index contributed by atoms with van der Waals surface area (Å²) < 4.78 is 0. The SMILES string of the molecule is CCc1ccccc1[S+](c1ccccc1)c1ccccc1. The summed E-state index contributed by atoms with van der Waals surface area (Å²) >= 11 is 0. The van der Waals surface area contributed by atoms with Gasteiger partial charge in [-0.3, -0.25) is 0 Å².